The first-order chi connectivity index (χ1) is 11.9. The molecule has 2 aromatic carbocycles. The maximum Gasteiger partial charge on any atom is 0.310 e. The molecular formula is C16H14IN3O5. The predicted octanol–water partition coefficient (Wildman–Crippen LogP) is 2.74. The van der Waals surface area contributed by atoms with E-state index in [1.54, 1.807) is 19.1 Å². The third kappa shape index (κ3) is 5.14. The fraction of sp³-hybridized carbons (Fsp3) is 0.125. The molecule has 0 fully saturated rings. The third-order valence-corrected chi connectivity index (χ3v) is 3.73. The summed E-state index contributed by atoms with van der Waals surface area (Å²) in [6.07, 6.45) is 1.31. The van der Waals surface area contributed by atoms with E-state index in [0.717, 1.165) is 3.57 Å². The zero-order valence-electron chi connectivity index (χ0n) is 13.1. The van der Waals surface area contributed by atoms with Crippen molar-refractivity contribution >= 4 is 40.4 Å². The van der Waals surface area contributed by atoms with Crippen molar-refractivity contribution in [1.82, 2.24) is 5.43 Å². The maximum atomic E-state index is 11.7. The number of nitrogens with one attached hydrogen (secondary N) is 1. The molecule has 0 aromatic heterocycles. The predicted molar refractivity (Wildman–Crippen MR) is 99.9 cm³/mol. The standard InChI is InChI=1S/C16H14IN3O5/c1-10-6-12(17)7-11(16(10)22)8-18-19-15(21)9-25-14-5-3-2-4-13(14)20(23)24/h2-8,22H,9H2,1H3,(H,19,21)/b18-8-. The second-order valence-corrected chi connectivity index (χ2v) is 6.21. The summed E-state index contributed by atoms with van der Waals surface area (Å²) in [5.41, 5.74) is 3.17. The second kappa shape index (κ2) is 8.42. The number of nitro benzene ring substituents is 1. The van der Waals surface area contributed by atoms with Gasteiger partial charge in [0.1, 0.15) is 5.75 Å². The number of aromatic hydroxyl groups is 1. The summed E-state index contributed by atoms with van der Waals surface area (Å²) in [6.45, 7) is 1.33. The van der Waals surface area contributed by atoms with Gasteiger partial charge in [0.2, 0.25) is 0 Å². The minimum Gasteiger partial charge on any atom is -0.507 e. The van der Waals surface area contributed by atoms with Crippen molar-refractivity contribution in [2.75, 3.05) is 6.61 Å². The SMILES string of the molecule is Cc1cc(I)cc(/C=N\NC(=O)COc2ccccc2[N+](=O)[O-])c1O. The molecule has 0 saturated carbocycles. The number of para-hydroxylation sites is 2. The largest absolute Gasteiger partial charge is 0.507 e. The number of aryl methyl sites for hydroxylation is 1. The van der Waals surface area contributed by atoms with Gasteiger partial charge in [-0.25, -0.2) is 5.43 Å². The summed E-state index contributed by atoms with van der Waals surface area (Å²) in [4.78, 5) is 22.0. The van der Waals surface area contributed by atoms with Crippen LogP contribution in [0.15, 0.2) is 41.5 Å². The monoisotopic (exact) mass is 455 g/mol. The average molecular weight is 455 g/mol. The zero-order valence-corrected chi connectivity index (χ0v) is 15.3. The van der Waals surface area contributed by atoms with E-state index in [0.29, 0.717) is 11.1 Å². The summed E-state index contributed by atoms with van der Waals surface area (Å²) in [7, 11) is 0. The second-order valence-electron chi connectivity index (χ2n) is 4.97. The Morgan fingerprint density at radius 2 is 2.16 bits per heavy atom. The molecule has 2 rings (SSSR count). The number of carbonyl (C=O) groups excluding carboxylic acids is 1. The third-order valence-electron chi connectivity index (χ3n) is 3.11. The highest BCUT2D eigenvalue weighted by Gasteiger charge is 2.14. The highest BCUT2D eigenvalue weighted by atomic mass is 127. The van der Waals surface area contributed by atoms with Crippen molar-refractivity contribution in [3.63, 3.8) is 0 Å². The Hall–Kier alpha value is -2.69. The molecule has 0 aliphatic heterocycles. The Labute approximate surface area is 156 Å². The quantitative estimate of drug-likeness (QED) is 0.301. The van der Waals surface area contributed by atoms with Gasteiger partial charge < -0.3 is 9.84 Å². The van der Waals surface area contributed by atoms with Crippen molar-refractivity contribution in [2.24, 2.45) is 5.10 Å². The first kappa shape index (κ1) is 18.6. The molecule has 0 spiro atoms. The van der Waals surface area contributed by atoms with E-state index in [2.05, 4.69) is 33.1 Å². The summed E-state index contributed by atoms with van der Waals surface area (Å²) in [5.74, 6) is -0.511. The Balaban J connectivity index is 1.95. The topological polar surface area (TPSA) is 114 Å². The smallest absolute Gasteiger partial charge is 0.310 e. The van der Waals surface area contributed by atoms with Crippen LogP contribution in [0, 0.1) is 20.6 Å². The van der Waals surface area contributed by atoms with Gasteiger partial charge in [-0.3, -0.25) is 14.9 Å². The number of hydrogen-bond acceptors (Lipinski definition) is 6. The molecule has 0 saturated heterocycles. The van der Waals surface area contributed by atoms with Crippen LogP contribution in [0.5, 0.6) is 11.5 Å². The van der Waals surface area contributed by atoms with Crippen molar-refractivity contribution in [2.45, 2.75) is 6.92 Å². The van der Waals surface area contributed by atoms with Crippen molar-refractivity contribution < 1.29 is 19.6 Å². The average Bonchev–Trinajstić information content (AvgIpc) is 2.57. The van der Waals surface area contributed by atoms with Crippen LogP contribution in [-0.4, -0.2) is 28.8 Å². The molecule has 0 aliphatic carbocycles. The van der Waals surface area contributed by atoms with Gasteiger partial charge in [-0.1, -0.05) is 12.1 Å². The molecule has 2 N–H and O–H groups in total. The number of hydrogen-bond donors (Lipinski definition) is 2. The number of halogens is 1. The Morgan fingerprint density at radius 1 is 1.44 bits per heavy atom. The van der Waals surface area contributed by atoms with Gasteiger partial charge in [0, 0.05) is 15.2 Å². The molecule has 0 aliphatic rings. The van der Waals surface area contributed by atoms with E-state index >= 15 is 0 Å². The number of nitrogens with zero attached hydrogens (tertiary/aromatic N) is 2. The molecule has 25 heavy (non-hydrogen) atoms. The lowest BCUT2D eigenvalue weighted by Gasteiger charge is -2.06. The zero-order chi connectivity index (χ0) is 18.4. The van der Waals surface area contributed by atoms with Gasteiger partial charge in [0.05, 0.1) is 11.1 Å². The lowest BCUT2D eigenvalue weighted by atomic mass is 10.1. The van der Waals surface area contributed by atoms with Crippen LogP contribution < -0.4 is 10.2 Å². The normalized spacial score (nSPS) is 10.6. The molecule has 0 atom stereocenters. The molecular weight excluding hydrogens is 441 g/mol. The first-order valence-corrected chi connectivity index (χ1v) is 8.13. The minimum atomic E-state index is -0.590. The summed E-state index contributed by atoms with van der Waals surface area (Å²) >= 11 is 2.11. The molecule has 0 bridgehead atoms. The van der Waals surface area contributed by atoms with Gasteiger partial charge in [-0.15, -0.1) is 0 Å². The molecule has 1 amide bonds. The number of rotatable bonds is 6. The van der Waals surface area contributed by atoms with Crippen molar-refractivity contribution in [3.8, 4) is 11.5 Å². The van der Waals surface area contributed by atoms with Gasteiger partial charge >= 0.3 is 5.69 Å². The Morgan fingerprint density at radius 3 is 2.88 bits per heavy atom. The van der Waals surface area contributed by atoms with E-state index < -0.39 is 17.4 Å². The van der Waals surface area contributed by atoms with E-state index in [4.69, 9.17) is 4.74 Å². The van der Waals surface area contributed by atoms with Gasteiger partial charge in [0.15, 0.2) is 12.4 Å². The van der Waals surface area contributed by atoms with Crippen LogP contribution in [0.3, 0.4) is 0 Å². The molecule has 8 nitrogen and oxygen atoms in total. The lowest BCUT2D eigenvalue weighted by Crippen LogP contribution is -2.24. The molecule has 130 valence electrons. The van der Waals surface area contributed by atoms with E-state index in [1.165, 1.54) is 24.4 Å². The van der Waals surface area contributed by atoms with E-state index in [9.17, 15) is 20.0 Å². The summed E-state index contributed by atoms with van der Waals surface area (Å²) in [5, 5.41) is 24.5. The van der Waals surface area contributed by atoms with Crippen molar-refractivity contribution in [1.29, 1.82) is 0 Å². The van der Waals surface area contributed by atoms with Crippen LogP contribution >= 0.6 is 22.6 Å². The van der Waals surface area contributed by atoms with E-state index in [1.807, 2.05) is 6.07 Å². The molecule has 2 aromatic rings. The molecule has 9 heteroatoms. The summed E-state index contributed by atoms with van der Waals surface area (Å²) < 4.78 is 6.06. The van der Waals surface area contributed by atoms with Crippen LogP contribution in [-0.2, 0) is 4.79 Å². The lowest BCUT2D eigenvalue weighted by molar-refractivity contribution is -0.385. The number of amides is 1. The molecule has 0 heterocycles. The van der Waals surface area contributed by atoms with E-state index in [-0.39, 0.29) is 17.2 Å². The Bertz CT molecular complexity index is 839. The fourth-order valence-corrected chi connectivity index (χ4v) is 2.74. The van der Waals surface area contributed by atoms with Crippen LogP contribution in [0.4, 0.5) is 5.69 Å². The molecule has 0 radical (unpaired) electrons. The van der Waals surface area contributed by atoms with Crippen LogP contribution in [0.1, 0.15) is 11.1 Å². The highest BCUT2D eigenvalue weighted by Crippen LogP contribution is 2.25. The number of carbonyl (C=O) groups is 1. The Kier molecular flexibility index (Phi) is 6.28. The van der Waals surface area contributed by atoms with Gasteiger partial charge in [-0.05, 0) is 53.3 Å². The van der Waals surface area contributed by atoms with Crippen LogP contribution in [0.2, 0.25) is 0 Å². The minimum absolute atomic E-state index is 0.00230. The first-order valence-electron chi connectivity index (χ1n) is 7.05. The van der Waals surface area contributed by atoms with Gasteiger partial charge in [-0.2, -0.15) is 5.10 Å². The maximum absolute atomic E-state index is 11.7. The number of ether oxygens (including phenoxy) is 1. The fourth-order valence-electron chi connectivity index (χ4n) is 1.94. The molecule has 0 unspecified atom stereocenters. The number of benzene rings is 2. The summed E-state index contributed by atoms with van der Waals surface area (Å²) in [6, 6.07) is 9.29. The number of phenols is 1. The van der Waals surface area contributed by atoms with Crippen molar-refractivity contribution in [3.05, 3.63) is 61.2 Å². The van der Waals surface area contributed by atoms with Gasteiger partial charge in [0.25, 0.3) is 5.91 Å². The number of nitro groups is 1. The number of phenolic OH excluding ortho intramolecular Hbond substituents is 1. The highest BCUT2D eigenvalue weighted by molar-refractivity contribution is 14.1. The number of hydrazone groups is 1. The van der Waals surface area contributed by atoms with Crippen LogP contribution in [0.25, 0.3) is 0 Å².